The summed E-state index contributed by atoms with van der Waals surface area (Å²) >= 11 is 0. The van der Waals surface area contributed by atoms with E-state index >= 15 is 0 Å². The van der Waals surface area contributed by atoms with Gasteiger partial charge in [0.25, 0.3) is 0 Å². The molecule has 0 unspecified atom stereocenters. The van der Waals surface area contributed by atoms with Gasteiger partial charge in [-0.1, -0.05) is 0 Å². The van der Waals surface area contributed by atoms with Gasteiger partial charge in [-0.05, 0) is 59.8 Å². The number of rotatable bonds is 2. The molecule has 1 saturated carbocycles. The zero-order chi connectivity index (χ0) is 11.8. The summed E-state index contributed by atoms with van der Waals surface area (Å²) in [5.41, 5.74) is 0.833. The minimum Gasteiger partial charge on any atom is -0.309 e. The minimum absolute atomic E-state index is 0.353. The Labute approximate surface area is 101 Å². The molecule has 94 valence electrons. The van der Waals surface area contributed by atoms with E-state index in [4.69, 9.17) is 0 Å². The Morgan fingerprint density at radius 2 is 1.69 bits per heavy atom. The molecule has 16 heavy (non-hydrogen) atoms. The molecule has 0 radical (unpaired) electrons. The molecule has 2 aliphatic rings. The number of piperidine rings is 1. The molecular weight excluding hydrogens is 196 g/mol. The first kappa shape index (κ1) is 12.4. The Hall–Kier alpha value is -0.0800. The van der Waals surface area contributed by atoms with E-state index < -0.39 is 0 Å². The zero-order valence-electron chi connectivity index (χ0n) is 11.5. The maximum atomic E-state index is 3.88. The van der Waals surface area contributed by atoms with Crippen LogP contribution in [0, 0.1) is 0 Å². The molecule has 0 bridgehead atoms. The SMILES string of the molecule is CC1(NC2CCN(C(C)(C)C)CC2)CCC1. The van der Waals surface area contributed by atoms with Crippen LogP contribution in [0.5, 0.6) is 0 Å². The standard InChI is InChI=1S/C14H28N2/c1-13(2,3)16-10-6-12(7-11-16)15-14(4)8-5-9-14/h12,15H,5-11H2,1-4H3. The van der Waals surface area contributed by atoms with Gasteiger partial charge in [-0.3, -0.25) is 4.90 Å². The van der Waals surface area contributed by atoms with Crippen LogP contribution in [-0.2, 0) is 0 Å². The maximum Gasteiger partial charge on any atom is 0.0156 e. The van der Waals surface area contributed by atoms with Crippen molar-refractivity contribution in [2.75, 3.05) is 13.1 Å². The van der Waals surface area contributed by atoms with Crippen molar-refractivity contribution in [3.8, 4) is 0 Å². The van der Waals surface area contributed by atoms with Gasteiger partial charge in [-0.2, -0.15) is 0 Å². The number of nitrogens with zero attached hydrogens (tertiary/aromatic N) is 1. The minimum atomic E-state index is 0.353. The van der Waals surface area contributed by atoms with Crippen LogP contribution >= 0.6 is 0 Å². The van der Waals surface area contributed by atoms with Crippen LogP contribution in [0.15, 0.2) is 0 Å². The molecule has 0 amide bonds. The van der Waals surface area contributed by atoms with E-state index in [1.807, 2.05) is 0 Å². The van der Waals surface area contributed by atoms with Crippen LogP contribution in [0.3, 0.4) is 0 Å². The monoisotopic (exact) mass is 224 g/mol. The molecule has 1 aliphatic heterocycles. The van der Waals surface area contributed by atoms with E-state index in [1.54, 1.807) is 0 Å². The van der Waals surface area contributed by atoms with Crippen molar-refractivity contribution in [1.29, 1.82) is 0 Å². The number of hydrogen-bond donors (Lipinski definition) is 1. The van der Waals surface area contributed by atoms with Crippen molar-refractivity contribution in [3.63, 3.8) is 0 Å². The van der Waals surface area contributed by atoms with E-state index in [2.05, 4.69) is 37.9 Å². The van der Waals surface area contributed by atoms with Crippen LogP contribution in [0.1, 0.15) is 59.8 Å². The normalized spacial score (nSPS) is 27.8. The largest absolute Gasteiger partial charge is 0.309 e. The van der Waals surface area contributed by atoms with Crippen LogP contribution < -0.4 is 5.32 Å². The van der Waals surface area contributed by atoms with Gasteiger partial charge in [0.2, 0.25) is 0 Å². The van der Waals surface area contributed by atoms with E-state index in [0.29, 0.717) is 11.1 Å². The van der Waals surface area contributed by atoms with Gasteiger partial charge < -0.3 is 5.32 Å². The van der Waals surface area contributed by atoms with Crippen molar-refractivity contribution in [2.24, 2.45) is 0 Å². The maximum absolute atomic E-state index is 3.88. The summed E-state index contributed by atoms with van der Waals surface area (Å²) in [6.07, 6.45) is 6.84. The zero-order valence-corrected chi connectivity index (χ0v) is 11.5. The highest BCUT2D eigenvalue weighted by molar-refractivity contribution is 4.95. The summed E-state index contributed by atoms with van der Waals surface area (Å²) in [5.74, 6) is 0. The molecule has 1 heterocycles. The predicted molar refractivity (Wildman–Crippen MR) is 69.7 cm³/mol. The quantitative estimate of drug-likeness (QED) is 0.776. The highest BCUT2D eigenvalue weighted by atomic mass is 15.2. The molecule has 0 aromatic heterocycles. The van der Waals surface area contributed by atoms with E-state index in [0.717, 1.165) is 6.04 Å². The molecule has 0 spiro atoms. The third-order valence-corrected chi connectivity index (χ3v) is 4.45. The summed E-state index contributed by atoms with van der Waals surface area (Å²) < 4.78 is 0. The van der Waals surface area contributed by atoms with E-state index in [1.165, 1.54) is 45.2 Å². The second-order valence-electron chi connectivity index (χ2n) is 6.99. The Balaban J connectivity index is 1.77. The lowest BCUT2D eigenvalue weighted by Gasteiger charge is -2.46. The average Bonchev–Trinajstić information content (AvgIpc) is 2.15. The Morgan fingerprint density at radius 1 is 1.12 bits per heavy atom. The first-order chi connectivity index (χ1) is 7.39. The molecule has 2 heteroatoms. The Kier molecular flexibility index (Phi) is 3.33. The summed E-state index contributed by atoms with van der Waals surface area (Å²) in [6, 6.07) is 0.767. The van der Waals surface area contributed by atoms with Crippen LogP contribution in [-0.4, -0.2) is 35.1 Å². The first-order valence-electron chi connectivity index (χ1n) is 6.92. The van der Waals surface area contributed by atoms with Crippen LogP contribution in [0.25, 0.3) is 0 Å². The molecule has 2 fully saturated rings. The lowest BCUT2D eigenvalue weighted by atomic mass is 9.77. The van der Waals surface area contributed by atoms with Gasteiger partial charge in [0.1, 0.15) is 0 Å². The highest BCUT2D eigenvalue weighted by Crippen LogP contribution is 2.32. The second-order valence-corrected chi connectivity index (χ2v) is 6.99. The third kappa shape index (κ3) is 2.78. The first-order valence-corrected chi connectivity index (χ1v) is 6.92. The molecule has 1 N–H and O–H groups in total. The molecule has 1 aliphatic carbocycles. The average molecular weight is 224 g/mol. The Morgan fingerprint density at radius 3 is 2.06 bits per heavy atom. The molecule has 0 aromatic carbocycles. The smallest absolute Gasteiger partial charge is 0.0156 e. The summed E-state index contributed by atoms with van der Waals surface area (Å²) in [6.45, 7) is 11.9. The summed E-state index contributed by atoms with van der Waals surface area (Å²) in [5, 5.41) is 3.88. The molecule has 2 rings (SSSR count). The van der Waals surface area contributed by atoms with Crippen molar-refractivity contribution in [1.82, 2.24) is 10.2 Å². The molecular formula is C14H28N2. The van der Waals surface area contributed by atoms with Gasteiger partial charge in [0, 0.05) is 30.2 Å². The van der Waals surface area contributed by atoms with Crippen molar-refractivity contribution >= 4 is 0 Å². The topological polar surface area (TPSA) is 15.3 Å². The fourth-order valence-electron chi connectivity index (χ4n) is 3.04. The lowest BCUT2D eigenvalue weighted by Crippen LogP contribution is -2.57. The fraction of sp³-hybridized carbons (Fsp3) is 1.00. The number of likely N-dealkylation sites (tertiary alicyclic amines) is 1. The van der Waals surface area contributed by atoms with Gasteiger partial charge in [-0.25, -0.2) is 0 Å². The van der Waals surface area contributed by atoms with Crippen LogP contribution in [0.2, 0.25) is 0 Å². The molecule has 0 aromatic rings. The van der Waals surface area contributed by atoms with Crippen LogP contribution in [0.4, 0.5) is 0 Å². The van der Waals surface area contributed by atoms with E-state index in [9.17, 15) is 0 Å². The van der Waals surface area contributed by atoms with Crippen molar-refractivity contribution < 1.29 is 0 Å². The molecule has 1 saturated heterocycles. The van der Waals surface area contributed by atoms with Gasteiger partial charge in [-0.15, -0.1) is 0 Å². The van der Waals surface area contributed by atoms with Crippen molar-refractivity contribution in [2.45, 2.75) is 76.9 Å². The second kappa shape index (κ2) is 4.30. The third-order valence-electron chi connectivity index (χ3n) is 4.45. The number of nitrogens with one attached hydrogen (secondary N) is 1. The van der Waals surface area contributed by atoms with Gasteiger partial charge >= 0.3 is 0 Å². The fourth-order valence-corrected chi connectivity index (χ4v) is 3.04. The molecule has 0 atom stereocenters. The van der Waals surface area contributed by atoms with Crippen molar-refractivity contribution in [3.05, 3.63) is 0 Å². The Bertz CT molecular complexity index is 230. The molecule has 2 nitrogen and oxygen atoms in total. The summed E-state index contributed by atoms with van der Waals surface area (Å²) in [4.78, 5) is 2.62. The lowest BCUT2D eigenvalue weighted by molar-refractivity contribution is 0.0782. The van der Waals surface area contributed by atoms with Gasteiger partial charge in [0.15, 0.2) is 0 Å². The predicted octanol–water partition coefficient (Wildman–Crippen LogP) is 2.78. The van der Waals surface area contributed by atoms with Gasteiger partial charge in [0.05, 0.1) is 0 Å². The summed E-state index contributed by atoms with van der Waals surface area (Å²) in [7, 11) is 0. The number of hydrogen-bond acceptors (Lipinski definition) is 2. The highest BCUT2D eigenvalue weighted by Gasteiger charge is 2.35. The van der Waals surface area contributed by atoms with E-state index in [-0.39, 0.29) is 0 Å².